The molecule has 2 heterocycles. The number of hydrogen-bond donors (Lipinski definition) is 3. The highest BCUT2D eigenvalue weighted by atomic mass is 19.1. The number of carbonyl (C=O) groups is 3. The molecular formula is C23H25FN6O3. The summed E-state index contributed by atoms with van der Waals surface area (Å²) in [5, 5.41) is 8.50. The van der Waals surface area contributed by atoms with E-state index in [1.807, 2.05) is 17.0 Å². The number of para-hydroxylation sites is 1. The van der Waals surface area contributed by atoms with Crippen molar-refractivity contribution in [2.24, 2.45) is 16.6 Å². The molecule has 2 aromatic carbocycles. The Labute approximate surface area is 190 Å². The minimum Gasteiger partial charge on any atom is -0.368 e. The predicted octanol–water partition coefficient (Wildman–Crippen LogP) is 1.33. The smallest absolute Gasteiger partial charge is 0.271 e. The molecule has 0 spiro atoms. The van der Waals surface area contributed by atoms with E-state index in [1.165, 1.54) is 29.3 Å². The van der Waals surface area contributed by atoms with Gasteiger partial charge in [0.2, 0.25) is 11.8 Å². The maximum absolute atomic E-state index is 13.3. The summed E-state index contributed by atoms with van der Waals surface area (Å²) in [6.45, 7) is 1.21. The van der Waals surface area contributed by atoms with Crippen molar-refractivity contribution in [2.75, 3.05) is 16.9 Å². The highest BCUT2D eigenvalue weighted by Crippen LogP contribution is 2.27. The number of rotatable bonds is 7. The third-order valence-corrected chi connectivity index (χ3v) is 5.92. The highest BCUT2D eigenvalue weighted by molar-refractivity contribution is 6.44. The van der Waals surface area contributed by atoms with Gasteiger partial charge in [0.05, 0.1) is 11.7 Å². The van der Waals surface area contributed by atoms with E-state index >= 15 is 0 Å². The summed E-state index contributed by atoms with van der Waals surface area (Å²) in [6, 6.07) is 11.5. The van der Waals surface area contributed by atoms with Gasteiger partial charge in [0, 0.05) is 18.7 Å². The average molecular weight is 452 g/mol. The number of hydrazone groups is 1. The van der Waals surface area contributed by atoms with Crippen LogP contribution in [0.2, 0.25) is 0 Å². The fourth-order valence-electron chi connectivity index (χ4n) is 4.23. The fourth-order valence-corrected chi connectivity index (χ4v) is 4.23. The van der Waals surface area contributed by atoms with Crippen molar-refractivity contribution in [3.63, 3.8) is 0 Å². The number of likely N-dealkylation sites (tertiary alicyclic amines) is 1. The Morgan fingerprint density at radius 2 is 1.73 bits per heavy atom. The molecule has 0 bridgehead atoms. The lowest BCUT2D eigenvalue weighted by Crippen LogP contribution is -2.40. The molecule has 10 heteroatoms. The average Bonchev–Trinajstić information content (AvgIpc) is 3.43. The van der Waals surface area contributed by atoms with Crippen LogP contribution in [0.3, 0.4) is 0 Å². The molecular weight excluding hydrogens is 427 g/mol. The third kappa shape index (κ3) is 4.85. The van der Waals surface area contributed by atoms with Gasteiger partial charge in [-0.2, -0.15) is 5.10 Å². The van der Waals surface area contributed by atoms with Crippen molar-refractivity contribution >= 4 is 34.8 Å². The maximum atomic E-state index is 13.3. The number of halogens is 1. The second-order valence-corrected chi connectivity index (χ2v) is 8.13. The van der Waals surface area contributed by atoms with Crippen LogP contribution in [-0.2, 0) is 20.9 Å². The van der Waals surface area contributed by atoms with Crippen molar-refractivity contribution in [2.45, 2.75) is 37.9 Å². The van der Waals surface area contributed by atoms with Crippen LogP contribution >= 0.6 is 0 Å². The number of nitrogens with one attached hydrogen (secondary N) is 1. The quantitative estimate of drug-likeness (QED) is 0.583. The third-order valence-electron chi connectivity index (χ3n) is 5.92. The number of hydrogen-bond acceptors (Lipinski definition) is 6. The van der Waals surface area contributed by atoms with Gasteiger partial charge in [-0.3, -0.25) is 24.3 Å². The zero-order valence-corrected chi connectivity index (χ0v) is 17.9. The number of primary amides is 2. The van der Waals surface area contributed by atoms with Crippen LogP contribution in [0.4, 0.5) is 15.8 Å². The van der Waals surface area contributed by atoms with Gasteiger partial charge in [-0.15, -0.1) is 0 Å². The molecule has 0 radical (unpaired) electrons. The minimum atomic E-state index is -0.854. The molecule has 2 unspecified atom stereocenters. The SMILES string of the molecule is NC(=O)C1CCCN1Cc1ccccc1NC(=O)C1=NN(c2ccc(F)cc2)C(C(N)=O)C1. The first-order chi connectivity index (χ1) is 15.8. The van der Waals surface area contributed by atoms with Crippen molar-refractivity contribution < 1.29 is 18.8 Å². The van der Waals surface area contributed by atoms with Crippen molar-refractivity contribution in [1.82, 2.24) is 4.90 Å². The number of benzene rings is 2. The highest BCUT2D eigenvalue weighted by Gasteiger charge is 2.35. The first-order valence-corrected chi connectivity index (χ1v) is 10.7. The molecule has 172 valence electrons. The molecule has 9 nitrogen and oxygen atoms in total. The minimum absolute atomic E-state index is 0.0244. The summed E-state index contributed by atoms with van der Waals surface area (Å²) >= 11 is 0. The van der Waals surface area contributed by atoms with Crippen LogP contribution in [0.25, 0.3) is 0 Å². The summed E-state index contributed by atoms with van der Waals surface area (Å²) in [5.41, 5.74) is 13.0. The fraction of sp³-hybridized carbons (Fsp3) is 0.304. The molecule has 2 aliphatic rings. The monoisotopic (exact) mass is 452 g/mol. The van der Waals surface area contributed by atoms with E-state index in [0.29, 0.717) is 24.3 Å². The van der Waals surface area contributed by atoms with Gasteiger partial charge >= 0.3 is 0 Å². The van der Waals surface area contributed by atoms with E-state index in [9.17, 15) is 18.8 Å². The second-order valence-electron chi connectivity index (χ2n) is 8.13. The van der Waals surface area contributed by atoms with Crippen molar-refractivity contribution in [1.29, 1.82) is 0 Å². The summed E-state index contributed by atoms with van der Waals surface area (Å²) in [4.78, 5) is 38.7. The van der Waals surface area contributed by atoms with E-state index in [1.54, 1.807) is 12.1 Å². The standard InChI is InChI=1S/C23H25FN6O3/c24-15-7-9-16(10-8-15)30-20(22(26)32)12-18(28-30)23(33)27-17-5-2-1-4-14(17)13-29-11-3-6-19(29)21(25)31/h1-2,4-5,7-10,19-20H,3,6,11-13H2,(H2,25,31)(H2,26,32)(H,27,33). The molecule has 2 aromatic rings. The summed E-state index contributed by atoms with van der Waals surface area (Å²) in [7, 11) is 0. The van der Waals surface area contributed by atoms with Crippen LogP contribution in [0.1, 0.15) is 24.8 Å². The molecule has 2 aliphatic heterocycles. The van der Waals surface area contributed by atoms with Crippen LogP contribution in [0.15, 0.2) is 53.6 Å². The first-order valence-electron chi connectivity index (χ1n) is 10.7. The second kappa shape index (κ2) is 9.37. The Bertz CT molecular complexity index is 1100. The number of amides is 3. The summed E-state index contributed by atoms with van der Waals surface area (Å²) in [6.07, 6.45) is 1.62. The number of nitrogens with two attached hydrogens (primary N) is 2. The van der Waals surface area contributed by atoms with E-state index in [0.717, 1.165) is 18.5 Å². The maximum Gasteiger partial charge on any atom is 0.271 e. The van der Waals surface area contributed by atoms with Gasteiger partial charge in [0.15, 0.2) is 0 Å². The van der Waals surface area contributed by atoms with Crippen LogP contribution in [0.5, 0.6) is 0 Å². The van der Waals surface area contributed by atoms with Crippen LogP contribution in [0, 0.1) is 5.82 Å². The lowest BCUT2D eigenvalue weighted by atomic mass is 10.1. The Hall–Kier alpha value is -3.79. The molecule has 5 N–H and O–H groups in total. The normalized spacial score (nSPS) is 20.5. The predicted molar refractivity (Wildman–Crippen MR) is 122 cm³/mol. The van der Waals surface area contributed by atoms with E-state index < -0.39 is 23.7 Å². The molecule has 0 saturated carbocycles. The molecule has 4 rings (SSSR count). The Kier molecular flexibility index (Phi) is 6.36. The van der Waals surface area contributed by atoms with Crippen molar-refractivity contribution in [3.05, 3.63) is 59.9 Å². The van der Waals surface area contributed by atoms with Gasteiger partial charge in [0.1, 0.15) is 17.6 Å². The zero-order valence-electron chi connectivity index (χ0n) is 17.9. The van der Waals surface area contributed by atoms with E-state index in [-0.39, 0.29) is 24.1 Å². The van der Waals surface area contributed by atoms with Crippen LogP contribution < -0.4 is 21.8 Å². The molecule has 0 aliphatic carbocycles. The Morgan fingerprint density at radius 3 is 2.42 bits per heavy atom. The number of carbonyl (C=O) groups excluding carboxylic acids is 3. The molecule has 2 atom stereocenters. The molecule has 3 amide bonds. The molecule has 0 aromatic heterocycles. The largest absolute Gasteiger partial charge is 0.368 e. The van der Waals surface area contributed by atoms with Gasteiger partial charge < -0.3 is 16.8 Å². The van der Waals surface area contributed by atoms with E-state index in [2.05, 4.69) is 10.4 Å². The van der Waals surface area contributed by atoms with Gasteiger partial charge in [-0.05, 0) is 55.3 Å². The Balaban J connectivity index is 1.52. The number of nitrogens with zero attached hydrogens (tertiary/aromatic N) is 3. The molecule has 1 fully saturated rings. The zero-order chi connectivity index (χ0) is 23.5. The van der Waals surface area contributed by atoms with Gasteiger partial charge in [-0.25, -0.2) is 4.39 Å². The van der Waals surface area contributed by atoms with Gasteiger partial charge in [0.25, 0.3) is 5.91 Å². The summed E-state index contributed by atoms with van der Waals surface area (Å²) in [5.74, 6) is -1.89. The van der Waals surface area contributed by atoms with Crippen LogP contribution in [-0.4, -0.2) is 47.0 Å². The molecule has 33 heavy (non-hydrogen) atoms. The van der Waals surface area contributed by atoms with Crippen molar-refractivity contribution in [3.8, 4) is 0 Å². The molecule has 1 saturated heterocycles. The number of anilines is 2. The Morgan fingerprint density at radius 1 is 1.03 bits per heavy atom. The summed E-state index contributed by atoms with van der Waals surface area (Å²) < 4.78 is 13.3. The van der Waals surface area contributed by atoms with Gasteiger partial charge in [-0.1, -0.05) is 18.2 Å². The lowest BCUT2D eigenvalue weighted by molar-refractivity contribution is -0.122. The van der Waals surface area contributed by atoms with E-state index in [4.69, 9.17) is 11.5 Å². The first kappa shape index (κ1) is 22.4. The lowest BCUT2D eigenvalue weighted by Gasteiger charge is -2.23. The topological polar surface area (TPSA) is 134 Å².